The van der Waals surface area contributed by atoms with Crippen LogP contribution >= 0.6 is 0 Å². The van der Waals surface area contributed by atoms with E-state index in [1.54, 1.807) is 17.7 Å². The van der Waals surface area contributed by atoms with E-state index >= 15 is 0 Å². The number of likely N-dealkylation sites (tertiary alicyclic amines) is 1. The summed E-state index contributed by atoms with van der Waals surface area (Å²) >= 11 is 0. The van der Waals surface area contributed by atoms with Gasteiger partial charge in [0.2, 0.25) is 11.9 Å². The molecule has 2 saturated carbocycles. The van der Waals surface area contributed by atoms with E-state index in [1.807, 2.05) is 24.4 Å². The van der Waals surface area contributed by atoms with E-state index in [2.05, 4.69) is 30.2 Å². The molecule has 1 saturated heterocycles. The fraction of sp³-hybridized carbons (Fsp3) is 0.440. The third kappa shape index (κ3) is 3.08. The first-order chi connectivity index (χ1) is 16.9. The molecule has 3 atom stereocenters. The maximum Gasteiger partial charge on any atom is 0.256 e. The molecule has 1 unspecified atom stereocenters. The number of anilines is 1. The topological polar surface area (TPSA) is 91.7 Å². The number of aromatic amines is 1. The van der Waals surface area contributed by atoms with Crippen molar-refractivity contribution in [2.45, 2.75) is 57.2 Å². The molecule has 3 aromatic heterocycles. The van der Waals surface area contributed by atoms with Crippen molar-refractivity contribution in [2.75, 3.05) is 11.9 Å². The molecule has 4 aromatic rings. The Bertz CT molecular complexity index is 1490. The number of amides is 1. The molecule has 180 valence electrons. The molecule has 3 fully saturated rings. The van der Waals surface area contributed by atoms with Crippen LogP contribution < -0.4 is 5.32 Å². The van der Waals surface area contributed by atoms with Crippen LogP contribution in [0.25, 0.3) is 33.2 Å². The lowest BCUT2D eigenvalue weighted by atomic mass is 9.85. The van der Waals surface area contributed by atoms with Crippen LogP contribution in [0, 0.1) is 12.8 Å². The van der Waals surface area contributed by atoms with Crippen molar-refractivity contribution in [3.05, 3.63) is 36.4 Å². The number of carbonyl (C=O) groups is 1. The molecule has 7 rings (SSSR count). The molecule has 2 N–H and O–H groups in total. The number of aryl methyl sites for hydroxylation is 1. The predicted molar refractivity (Wildman–Crippen MR) is 127 cm³/mol. The minimum absolute atomic E-state index is 0.0861. The van der Waals surface area contributed by atoms with Crippen molar-refractivity contribution in [1.29, 1.82) is 0 Å². The highest BCUT2D eigenvalue weighted by atomic mass is 19.3. The van der Waals surface area contributed by atoms with Gasteiger partial charge in [0.05, 0.1) is 23.1 Å². The number of carbonyl (C=O) groups excluding carboxylic acids is 1. The minimum atomic E-state index is -2.45. The molecule has 2 aliphatic carbocycles. The third-order valence-corrected chi connectivity index (χ3v) is 8.09. The van der Waals surface area contributed by atoms with Gasteiger partial charge in [0.25, 0.3) is 6.43 Å². The smallest absolute Gasteiger partial charge is 0.256 e. The van der Waals surface area contributed by atoms with Gasteiger partial charge in [-0.25, -0.2) is 18.7 Å². The van der Waals surface area contributed by atoms with E-state index in [1.165, 1.54) is 0 Å². The maximum absolute atomic E-state index is 13.1. The first-order valence-corrected chi connectivity index (χ1v) is 12.1. The van der Waals surface area contributed by atoms with Crippen molar-refractivity contribution in [3.63, 3.8) is 0 Å². The zero-order valence-corrected chi connectivity index (χ0v) is 19.3. The van der Waals surface area contributed by atoms with Gasteiger partial charge in [-0.3, -0.25) is 4.79 Å². The van der Waals surface area contributed by atoms with Gasteiger partial charge in [0.1, 0.15) is 11.5 Å². The number of hydrogen-bond donors (Lipinski definition) is 2. The van der Waals surface area contributed by atoms with Crippen LogP contribution in [-0.2, 0) is 11.3 Å². The van der Waals surface area contributed by atoms with Gasteiger partial charge in [-0.1, -0.05) is 6.07 Å². The highest BCUT2D eigenvalue weighted by molar-refractivity contribution is 5.95. The Morgan fingerprint density at radius 2 is 2.17 bits per heavy atom. The predicted octanol–water partition coefficient (Wildman–Crippen LogP) is 4.11. The summed E-state index contributed by atoms with van der Waals surface area (Å²) in [6.07, 6.45) is 4.89. The SMILES string of the molecule is Cc1nc2ccc(-c3c[nH]c4nc(N[C@H]5C[C@]6(N7CCCC7=O)CC56)ncc34)cc2n1CC(F)F. The number of benzene rings is 1. The standard InChI is InChI=1S/C25H25F2N7O/c1-13-30-18-5-4-14(7-20(18)33(13)12-21(26)27)15-10-28-23-16(15)11-29-24(32-23)31-19-9-25(8-17(19)25)34-6-2-3-22(34)35/h4-5,7,10-11,17,19,21H,2-3,6,8-9,12H2,1H3,(H2,28,29,31,32)/t17?,19-,25+/m0/s1. The monoisotopic (exact) mass is 477 g/mol. The Balaban J connectivity index is 1.13. The normalized spacial score (nSPS) is 25.5. The van der Waals surface area contributed by atoms with E-state index in [9.17, 15) is 13.6 Å². The zero-order chi connectivity index (χ0) is 23.9. The summed E-state index contributed by atoms with van der Waals surface area (Å²) in [6, 6.07) is 5.99. The first-order valence-electron chi connectivity index (χ1n) is 12.1. The number of rotatable bonds is 6. The lowest BCUT2D eigenvalue weighted by molar-refractivity contribution is -0.132. The van der Waals surface area contributed by atoms with Crippen LogP contribution in [-0.4, -0.2) is 59.9 Å². The molecule has 35 heavy (non-hydrogen) atoms. The van der Waals surface area contributed by atoms with Crippen molar-refractivity contribution in [2.24, 2.45) is 5.92 Å². The number of nitrogens with one attached hydrogen (secondary N) is 2. The number of alkyl halides is 2. The van der Waals surface area contributed by atoms with Gasteiger partial charge in [-0.15, -0.1) is 0 Å². The number of fused-ring (bicyclic) bond motifs is 3. The largest absolute Gasteiger partial charge is 0.351 e. The highest BCUT2D eigenvalue weighted by Gasteiger charge is 2.71. The van der Waals surface area contributed by atoms with Gasteiger partial charge in [-0.05, 0) is 43.9 Å². The quantitative estimate of drug-likeness (QED) is 0.436. The summed E-state index contributed by atoms with van der Waals surface area (Å²) in [5.74, 6) is 1.93. The number of H-pyrrole nitrogens is 1. The molecule has 1 aliphatic heterocycles. The summed E-state index contributed by atoms with van der Waals surface area (Å²) in [7, 11) is 0. The molecule has 1 aromatic carbocycles. The fourth-order valence-corrected chi connectivity index (χ4v) is 6.29. The van der Waals surface area contributed by atoms with Crippen molar-refractivity contribution in [1.82, 2.24) is 29.4 Å². The number of hydrogen-bond acceptors (Lipinski definition) is 5. The Morgan fingerprint density at radius 1 is 1.29 bits per heavy atom. The molecule has 0 radical (unpaired) electrons. The second kappa shape index (κ2) is 7.22. The second-order valence-corrected chi connectivity index (χ2v) is 10.0. The summed E-state index contributed by atoms with van der Waals surface area (Å²) in [5.41, 5.74) is 3.98. The van der Waals surface area contributed by atoms with Crippen LogP contribution in [0.1, 0.15) is 31.5 Å². The van der Waals surface area contributed by atoms with E-state index in [0.29, 0.717) is 46.7 Å². The lowest BCUT2D eigenvalue weighted by Gasteiger charge is -2.41. The second-order valence-electron chi connectivity index (χ2n) is 10.0. The van der Waals surface area contributed by atoms with E-state index in [0.717, 1.165) is 42.3 Å². The zero-order valence-electron chi connectivity index (χ0n) is 19.3. The molecule has 10 heteroatoms. The van der Waals surface area contributed by atoms with Crippen LogP contribution in [0.4, 0.5) is 14.7 Å². The Kier molecular flexibility index (Phi) is 4.29. The molecule has 0 spiro atoms. The molecule has 3 aliphatic rings. The van der Waals surface area contributed by atoms with Gasteiger partial charge < -0.3 is 19.8 Å². The average Bonchev–Trinajstić information content (AvgIpc) is 3.20. The molecule has 1 amide bonds. The minimum Gasteiger partial charge on any atom is -0.351 e. The van der Waals surface area contributed by atoms with Crippen LogP contribution in [0.2, 0.25) is 0 Å². The Hall–Kier alpha value is -3.56. The average molecular weight is 478 g/mol. The van der Waals surface area contributed by atoms with Crippen molar-refractivity contribution < 1.29 is 13.6 Å². The number of imidazole rings is 1. The van der Waals surface area contributed by atoms with Crippen molar-refractivity contribution in [3.8, 4) is 11.1 Å². The van der Waals surface area contributed by atoms with Gasteiger partial charge in [0.15, 0.2) is 0 Å². The first kappa shape index (κ1) is 20.8. The third-order valence-electron chi connectivity index (χ3n) is 8.09. The van der Waals surface area contributed by atoms with Gasteiger partial charge in [0, 0.05) is 48.3 Å². The lowest BCUT2D eigenvalue weighted by Crippen LogP contribution is -2.53. The molecule has 4 heterocycles. The number of halogens is 2. The number of nitrogens with zero attached hydrogens (tertiary/aromatic N) is 5. The summed E-state index contributed by atoms with van der Waals surface area (Å²) in [5, 5.41) is 4.33. The Morgan fingerprint density at radius 3 is 2.94 bits per heavy atom. The van der Waals surface area contributed by atoms with Crippen LogP contribution in [0.5, 0.6) is 0 Å². The summed E-state index contributed by atoms with van der Waals surface area (Å²) < 4.78 is 27.8. The Labute approximate surface area is 199 Å². The molecule has 8 nitrogen and oxygen atoms in total. The van der Waals surface area contributed by atoms with E-state index < -0.39 is 6.43 Å². The molecule has 0 bridgehead atoms. The van der Waals surface area contributed by atoms with Crippen LogP contribution in [0.3, 0.4) is 0 Å². The van der Waals surface area contributed by atoms with E-state index in [-0.39, 0.29) is 18.1 Å². The number of aromatic nitrogens is 5. The molecular formula is C25H25F2N7O. The van der Waals surface area contributed by atoms with Crippen molar-refractivity contribution >= 4 is 33.9 Å². The van der Waals surface area contributed by atoms with Crippen LogP contribution in [0.15, 0.2) is 30.6 Å². The fourth-order valence-electron chi connectivity index (χ4n) is 6.29. The highest BCUT2D eigenvalue weighted by Crippen LogP contribution is 2.64. The van der Waals surface area contributed by atoms with Gasteiger partial charge in [-0.2, -0.15) is 4.98 Å². The maximum atomic E-state index is 13.1. The van der Waals surface area contributed by atoms with E-state index in [4.69, 9.17) is 0 Å². The summed E-state index contributed by atoms with van der Waals surface area (Å²) in [6.45, 7) is 2.25. The molecular weight excluding hydrogens is 452 g/mol. The summed E-state index contributed by atoms with van der Waals surface area (Å²) in [4.78, 5) is 31.1. The van der Waals surface area contributed by atoms with Gasteiger partial charge >= 0.3 is 0 Å².